The number of amides is 1. The van der Waals surface area contributed by atoms with E-state index >= 15 is 0 Å². The van der Waals surface area contributed by atoms with Gasteiger partial charge in [-0.25, -0.2) is 0 Å². The van der Waals surface area contributed by atoms with Crippen LogP contribution in [0.15, 0.2) is 48.5 Å². The molecule has 1 aliphatic heterocycles. The Morgan fingerprint density at radius 3 is 2.38 bits per heavy atom. The molecule has 24 heavy (non-hydrogen) atoms. The first-order valence-corrected chi connectivity index (χ1v) is 7.61. The van der Waals surface area contributed by atoms with Gasteiger partial charge in [0.05, 0.1) is 11.6 Å². The van der Waals surface area contributed by atoms with Crippen molar-refractivity contribution < 1.29 is 18.0 Å². The van der Waals surface area contributed by atoms with Gasteiger partial charge in [0, 0.05) is 13.1 Å². The lowest BCUT2D eigenvalue weighted by molar-refractivity contribution is -0.138. The van der Waals surface area contributed by atoms with E-state index in [0.29, 0.717) is 13.0 Å². The number of rotatable bonds is 3. The molecule has 0 unspecified atom stereocenters. The molecule has 0 aliphatic carbocycles. The van der Waals surface area contributed by atoms with Crippen LogP contribution in [0.25, 0.3) is 0 Å². The van der Waals surface area contributed by atoms with Crippen LogP contribution >= 0.6 is 0 Å². The van der Waals surface area contributed by atoms with E-state index < -0.39 is 23.7 Å². The van der Waals surface area contributed by atoms with Crippen molar-refractivity contribution in [1.82, 2.24) is 4.90 Å². The quantitative estimate of drug-likeness (QED) is 0.937. The van der Waals surface area contributed by atoms with Crippen molar-refractivity contribution in [3.05, 3.63) is 70.8 Å². The zero-order valence-electron chi connectivity index (χ0n) is 12.9. The molecule has 0 bridgehead atoms. The number of primary amides is 1. The Hall–Kier alpha value is -2.34. The second kappa shape index (κ2) is 6.28. The highest BCUT2D eigenvalue weighted by Crippen LogP contribution is 2.33. The molecule has 1 aliphatic rings. The van der Waals surface area contributed by atoms with E-state index in [1.807, 2.05) is 24.3 Å². The summed E-state index contributed by atoms with van der Waals surface area (Å²) in [5.74, 6) is -0.519. The Morgan fingerprint density at radius 1 is 1.08 bits per heavy atom. The van der Waals surface area contributed by atoms with Crippen molar-refractivity contribution in [3.63, 3.8) is 0 Å². The molecule has 2 aromatic carbocycles. The number of fused-ring (bicyclic) bond motifs is 1. The zero-order chi connectivity index (χ0) is 17.3. The first-order valence-electron chi connectivity index (χ1n) is 7.61. The highest BCUT2D eigenvalue weighted by Gasteiger charge is 2.35. The molecule has 0 fully saturated rings. The average molecular weight is 334 g/mol. The number of carbonyl (C=O) groups excluding carboxylic acids is 1. The van der Waals surface area contributed by atoms with E-state index in [9.17, 15) is 18.0 Å². The van der Waals surface area contributed by atoms with Crippen molar-refractivity contribution in [2.45, 2.75) is 31.7 Å². The fraction of sp³-hybridized carbons (Fsp3) is 0.278. The van der Waals surface area contributed by atoms with Gasteiger partial charge in [0.25, 0.3) is 0 Å². The normalized spacial score (nSPS) is 18.2. The molecule has 0 saturated heterocycles. The van der Waals surface area contributed by atoms with Crippen LogP contribution in [-0.4, -0.2) is 16.8 Å². The highest BCUT2D eigenvalue weighted by molar-refractivity contribution is 5.80. The van der Waals surface area contributed by atoms with Gasteiger partial charge in [-0.3, -0.25) is 9.69 Å². The summed E-state index contributed by atoms with van der Waals surface area (Å²) in [4.78, 5) is 13.5. The van der Waals surface area contributed by atoms with Crippen molar-refractivity contribution in [1.29, 1.82) is 0 Å². The maximum absolute atomic E-state index is 13.2. The van der Waals surface area contributed by atoms with Gasteiger partial charge in [0.1, 0.15) is 0 Å². The SMILES string of the molecule is NC(=O)[C@@H]1Cc2ccccc2CN1Cc1ccccc1C(F)(F)F. The molecular weight excluding hydrogens is 317 g/mol. The van der Waals surface area contributed by atoms with Crippen LogP contribution in [0.2, 0.25) is 0 Å². The molecule has 0 aromatic heterocycles. The van der Waals surface area contributed by atoms with Crippen LogP contribution in [0.4, 0.5) is 13.2 Å². The summed E-state index contributed by atoms with van der Waals surface area (Å²) < 4.78 is 39.6. The zero-order valence-corrected chi connectivity index (χ0v) is 12.9. The summed E-state index contributed by atoms with van der Waals surface area (Å²) in [7, 11) is 0. The number of nitrogens with zero attached hydrogens (tertiary/aromatic N) is 1. The number of hydrogen-bond acceptors (Lipinski definition) is 2. The summed E-state index contributed by atoms with van der Waals surface area (Å²) >= 11 is 0. The predicted octanol–water partition coefficient (Wildman–Crippen LogP) is 3.12. The molecule has 2 N–H and O–H groups in total. The highest BCUT2D eigenvalue weighted by atomic mass is 19.4. The Kier molecular flexibility index (Phi) is 4.32. The molecule has 6 heteroatoms. The van der Waals surface area contributed by atoms with E-state index in [1.54, 1.807) is 11.0 Å². The summed E-state index contributed by atoms with van der Waals surface area (Å²) in [6.07, 6.45) is -4.01. The monoisotopic (exact) mass is 334 g/mol. The van der Waals surface area contributed by atoms with Gasteiger partial charge in [-0.05, 0) is 29.2 Å². The third kappa shape index (κ3) is 3.28. The van der Waals surface area contributed by atoms with Crippen molar-refractivity contribution >= 4 is 5.91 Å². The van der Waals surface area contributed by atoms with Crippen LogP contribution in [0.3, 0.4) is 0 Å². The van der Waals surface area contributed by atoms with E-state index in [-0.39, 0.29) is 12.1 Å². The van der Waals surface area contributed by atoms with Gasteiger partial charge < -0.3 is 5.73 Å². The molecule has 1 heterocycles. The van der Waals surface area contributed by atoms with Gasteiger partial charge in [-0.2, -0.15) is 13.2 Å². The minimum atomic E-state index is -4.42. The van der Waals surface area contributed by atoms with Crippen LogP contribution in [0, 0.1) is 0 Å². The molecule has 3 rings (SSSR count). The lowest BCUT2D eigenvalue weighted by atomic mass is 9.92. The maximum Gasteiger partial charge on any atom is 0.416 e. The van der Waals surface area contributed by atoms with Gasteiger partial charge in [0.15, 0.2) is 0 Å². The summed E-state index contributed by atoms with van der Waals surface area (Å²) in [5.41, 5.74) is 6.99. The average Bonchev–Trinajstić information content (AvgIpc) is 2.53. The van der Waals surface area contributed by atoms with E-state index in [2.05, 4.69) is 0 Å². The van der Waals surface area contributed by atoms with Crippen LogP contribution in [0.5, 0.6) is 0 Å². The van der Waals surface area contributed by atoms with Crippen LogP contribution in [0.1, 0.15) is 22.3 Å². The smallest absolute Gasteiger partial charge is 0.368 e. The van der Waals surface area contributed by atoms with Crippen LogP contribution in [-0.2, 0) is 30.5 Å². The minimum Gasteiger partial charge on any atom is -0.368 e. The largest absolute Gasteiger partial charge is 0.416 e. The second-order valence-electron chi connectivity index (χ2n) is 5.95. The molecule has 0 radical (unpaired) electrons. The third-order valence-electron chi connectivity index (χ3n) is 4.37. The van der Waals surface area contributed by atoms with Gasteiger partial charge in [0.2, 0.25) is 5.91 Å². The Balaban J connectivity index is 1.93. The van der Waals surface area contributed by atoms with Crippen LogP contribution < -0.4 is 5.73 Å². The first kappa shape index (κ1) is 16.5. The first-order chi connectivity index (χ1) is 11.4. The molecular formula is C18H17F3N2O. The van der Waals surface area contributed by atoms with E-state index in [4.69, 9.17) is 5.73 Å². The van der Waals surface area contributed by atoms with E-state index in [0.717, 1.165) is 17.2 Å². The second-order valence-corrected chi connectivity index (χ2v) is 5.95. The Bertz CT molecular complexity index is 758. The number of nitrogens with two attached hydrogens (primary N) is 1. The van der Waals surface area contributed by atoms with Crippen molar-refractivity contribution in [2.24, 2.45) is 5.73 Å². The Morgan fingerprint density at radius 2 is 1.71 bits per heavy atom. The minimum absolute atomic E-state index is 0.0254. The van der Waals surface area contributed by atoms with E-state index in [1.165, 1.54) is 12.1 Å². The molecule has 1 atom stereocenters. The lowest BCUT2D eigenvalue weighted by Gasteiger charge is -2.35. The Labute approximate surface area is 137 Å². The molecule has 126 valence electrons. The lowest BCUT2D eigenvalue weighted by Crippen LogP contribution is -2.48. The summed E-state index contributed by atoms with van der Waals surface area (Å²) in [5, 5.41) is 0. The number of hydrogen-bond donors (Lipinski definition) is 1. The standard InChI is InChI=1S/C18H17F3N2O/c19-18(20,21)15-8-4-3-7-14(15)11-23-10-13-6-2-1-5-12(13)9-16(23)17(22)24/h1-8,16H,9-11H2,(H2,22,24)/t16-/m0/s1. The predicted molar refractivity (Wildman–Crippen MR) is 83.8 cm³/mol. The number of carbonyl (C=O) groups is 1. The van der Waals surface area contributed by atoms with Crippen molar-refractivity contribution in [2.75, 3.05) is 0 Å². The summed E-state index contributed by atoms with van der Waals surface area (Å²) in [6, 6.07) is 12.4. The molecule has 1 amide bonds. The fourth-order valence-corrected chi connectivity index (χ4v) is 3.18. The number of alkyl halides is 3. The topological polar surface area (TPSA) is 46.3 Å². The fourth-order valence-electron chi connectivity index (χ4n) is 3.18. The van der Waals surface area contributed by atoms with Gasteiger partial charge >= 0.3 is 6.18 Å². The summed E-state index contributed by atoms with van der Waals surface area (Å²) in [6.45, 7) is 0.424. The molecule has 0 saturated carbocycles. The maximum atomic E-state index is 13.2. The number of halogens is 3. The number of benzene rings is 2. The molecule has 2 aromatic rings. The molecule has 3 nitrogen and oxygen atoms in total. The van der Waals surface area contributed by atoms with Gasteiger partial charge in [-0.15, -0.1) is 0 Å². The molecule has 0 spiro atoms. The van der Waals surface area contributed by atoms with Gasteiger partial charge in [-0.1, -0.05) is 42.5 Å². The third-order valence-corrected chi connectivity index (χ3v) is 4.37. The van der Waals surface area contributed by atoms with Crippen molar-refractivity contribution in [3.8, 4) is 0 Å².